The van der Waals surface area contributed by atoms with Gasteiger partial charge in [-0.05, 0) is 38.1 Å². The third-order valence-electron chi connectivity index (χ3n) is 3.14. The molecule has 24 heavy (non-hydrogen) atoms. The van der Waals surface area contributed by atoms with E-state index in [-0.39, 0.29) is 0 Å². The van der Waals surface area contributed by atoms with Crippen LogP contribution in [0.15, 0.2) is 24.3 Å². The van der Waals surface area contributed by atoms with Gasteiger partial charge in [0.2, 0.25) is 5.95 Å². The minimum Gasteiger partial charge on any atom is -0.396 e. The lowest BCUT2D eigenvalue weighted by Crippen LogP contribution is -2.02. The average Bonchev–Trinajstić information content (AvgIpc) is 2.86. The zero-order chi connectivity index (χ0) is 17.7. The van der Waals surface area contributed by atoms with Gasteiger partial charge in [-0.25, -0.2) is 15.0 Å². The third-order valence-corrected chi connectivity index (χ3v) is 3.56. The highest BCUT2D eigenvalue weighted by molar-refractivity contribution is 6.30. The Hall–Kier alpha value is -2.25. The van der Waals surface area contributed by atoms with Crippen molar-refractivity contribution in [3.63, 3.8) is 0 Å². The second-order valence-corrected chi connectivity index (χ2v) is 5.57. The Labute approximate surface area is 150 Å². The molecule has 9 heteroatoms. The van der Waals surface area contributed by atoms with E-state index in [1.807, 2.05) is 24.5 Å². The normalized spacial score (nSPS) is 10.3. The average molecular weight is 368 g/mol. The van der Waals surface area contributed by atoms with Crippen molar-refractivity contribution in [3.8, 4) is 0 Å². The summed E-state index contributed by atoms with van der Waals surface area (Å²) >= 11 is 11.4. The maximum Gasteiger partial charge on any atom is 0.202 e. The molecule has 0 aliphatic rings. The molecule has 0 saturated heterocycles. The van der Waals surface area contributed by atoms with Gasteiger partial charge >= 0.3 is 0 Å². The number of rotatable bonds is 3. The van der Waals surface area contributed by atoms with Gasteiger partial charge in [0.05, 0.1) is 5.69 Å². The molecule has 0 atom stereocenters. The van der Waals surface area contributed by atoms with Gasteiger partial charge in [0.15, 0.2) is 11.5 Å². The first kappa shape index (κ1) is 18.1. The van der Waals surface area contributed by atoms with Crippen LogP contribution in [-0.2, 0) is 6.54 Å². The number of aromatic nitrogens is 4. The third kappa shape index (κ3) is 4.18. The number of nitrogens with one attached hydrogen (secondary N) is 1. The zero-order valence-corrected chi connectivity index (χ0v) is 14.9. The number of fused-ring (bicyclic) bond motifs is 1. The van der Waals surface area contributed by atoms with Crippen LogP contribution in [-0.4, -0.2) is 26.1 Å². The minimum absolute atomic E-state index is 0.454. The number of halogens is 2. The molecule has 0 fully saturated rings. The van der Waals surface area contributed by atoms with Crippen molar-refractivity contribution in [1.29, 1.82) is 0 Å². The number of anilines is 3. The summed E-state index contributed by atoms with van der Waals surface area (Å²) in [5.41, 5.74) is 13.4. The number of aryl methyl sites for hydroxylation is 1. The van der Waals surface area contributed by atoms with Gasteiger partial charge < -0.3 is 16.8 Å². The van der Waals surface area contributed by atoms with Crippen LogP contribution < -0.4 is 16.8 Å². The van der Waals surface area contributed by atoms with Crippen molar-refractivity contribution >= 4 is 51.8 Å². The monoisotopic (exact) mass is 367 g/mol. The summed E-state index contributed by atoms with van der Waals surface area (Å²) < 4.78 is 1.82. The second-order valence-electron chi connectivity index (χ2n) is 4.79. The minimum atomic E-state index is 0.454. The number of nitrogens with two attached hydrogens (primary N) is 2. The molecular formula is C15H19Cl2N7. The smallest absolute Gasteiger partial charge is 0.202 e. The second kappa shape index (κ2) is 8.03. The van der Waals surface area contributed by atoms with Crippen molar-refractivity contribution in [2.45, 2.75) is 20.4 Å². The number of pyridine rings is 2. The summed E-state index contributed by atoms with van der Waals surface area (Å²) in [4.78, 5) is 12.3. The first-order valence-electron chi connectivity index (χ1n) is 7.40. The fourth-order valence-electron chi connectivity index (χ4n) is 2.06. The van der Waals surface area contributed by atoms with E-state index in [4.69, 9.17) is 34.7 Å². The lowest BCUT2D eigenvalue weighted by Gasteiger charge is -2.04. The summed E-state index contributed by atoms with van der Waals surface area (Å²) in [6.07, 6.45) is 0. The largest absolute Gasteiger partial charge is 0.396 e. The van der Waals surface area contributed by atoms with Crippen molar-refractivity contribution in [1.82, 2.24) is 19.5 Å². The molecule has 3 heterocycles. The Morgan fingerprint density at radius 3 is 2.33 bits per heavy atom. The number of imidazole rings is 1. The highest BCUT2D eigenvalue weighted by Crippen LogP contribution is 2.18. The van der Waals surface area contributed by atoms with Crippen LogP contribution >= 0.6 is 23.2 Å². The van der Waals surface area contributed by atoms with Gasteiger partial charge in [0.25, 0.3) is 0 Å². The molecule has 3 rings (SSSR count). The summed E-state index contributed by atoms with van der Waals surface area (Å²) in [6.45, 7) is 5.50. The molecule has 7 nitrogen and oxygen atoms in total. The predicted octanol–water partition coefficient (Wildman–Crippen LogP) is 3.44. The van der Waals surface area contributed by atoms with E-state index >= 15 is 0 Å². The lowest BCUT2D eigenvalue weighted by atomic mass is 10.4. The molecule has 3 aromatic rings. The molecule has 5 N–H and O–H groups in total. The van der Waals surface area contributed by atoms with Gasteiger partial charge in [-0.15, -0.1) is 0 Å². The first-order valence-corrected chi connectivity index (χ1v) is 8.16. The fraction of sp³-hybridized carbons (Fsp3) is 0.267. The van der Waals surface area contributed by atoms with E-state index in [0.29, 0.717) is 27.8 Å². The quantitative estimate of drug-likeness (QED) is 0.612. The van der Waals surface area contributed by atoms with Crippen LogP contribution in [0.25, 0.3) is 11.2 Å². The molecule has 128 valence electrons. The Kier molecular flexibility index (Phi) is 6.05. The molecule has 3 aromatic heterocycles. The molecule has 0 amide bonds. The van der Waals surface area contributed by atoms with Crippen LogP contribution in [0.2, 0.25) is 10.3 Å². The molecular weight excluding hydrogens is 349 g/mol. The summed E-state index contributed by atoms with van der Waals surface area (Å²) in [5.74, 6) is 1.13. The van der Waals surface area contributed by atoms with E-state index in [9.17, 15) is 0 Å². The lowest BCUT2D eigenvalue weighted by molar-refractivity contribution is 0.791. The van der Waals surface area contributed by atoms with Crippen LogP contribution in [0, 0.1) is 0 Å². The van der Waals surface area contributed by atoms with E-state index in [2.05, 4.69) is 20.3 Å². The topological polar surface area (TPSA) is 108 Å². The first-order chi connectivity index (χ1) is 11.5. The van der Waals surface area contributed by atoms with E-state index in [1.165, 1.54) is 0 Å². The van der Waals surface area contributed by atoms with Crippen LogP contribution in [0.5, 0.6) is 0 Å². The Balaban J connectivity index is 0.000000177. The summed E-state index contributed by atoms with van der Waals surface area (Å²) in [6, 6.07) is 6.91. The maximum atomic E-state index is 5.76. The number of hydrogen-bond donors (Lipinski definition) is 3. The predicted molar refractivity (Wildman–Crippen MR) is 100 cm³/mol. The molecule has 0 bridgehead atoms. The van der Waals surface area contributed by atoms with Crippen LogP contribution in [0.4, 0.5) is 17.5 Å². The highest BCUT2D eigenvalue weighted by Gasteiger charge is 2.07. The Morgan fingerprint density at radius 2 is 1.67 bits per heavy atom. The summed E-state index contributed by atoms with van der Waals surface area (Å²) in [7, 11) is 0. The molecule has 0 unspecified atom stereocenters. The molecule has 0 saturated carbocycles. The van der Waals surface area contributed by atoms with E-state index in [0.717, 1.165) is 24.3 Å². The van der Waals surface area contributed by atoms with Gasteiger partial charge in [-0.1, -0.05) is 23.2 Å². The molecule has 0 aromatic carbocycles. The van der Waals surface area contributed by atoms with Gasteiger partial charge in [-0.3, -0.25) is 4.57 Å². The van der Waals surface area contributed by atoms with Gasteiger partial charge in [-0.2, -0.15) is 0 Å². The maximum absolute atomic E-state index is 5.76. The molecule has 0 spiro atoms. The van der Waals surface area contributed by atoms with Crippen LogP contribution in [0.1, 0.15) is 13.8 Å². The molecule has 0 aliphatic carbocycles. The zero-order valence-electron chi connectivity index (χ0n) is 13.4. The number of nitrogens with zero attached hydrogens (tertiary/aromatic N) is 4. The van der Waals surface area contributed by atoms with Crippen LogP contribution in [0.3, 0.4) is 0 Å². The fourth-order valence-corrected chi connectivity index (χ4v) is 2.35. The molecule has 0 radical (unpaired) electrons. The van der Waals surface area contributed by atoms with E-state index < -0.39 is 0 Å². The van der Waals surface area contributed by atoms with Crippen molar-refractivity contribution in [2.24, 2.45) is 0 Å². The van der Waals surface area contributed by atoms with Crippen molar-refractivity contribution < 1.29 is 0 Å². The van der Waals surface area contributed by atoms with Gasteiger partial charge in [0, 0.05) is 13.1 Å². The number of nitrogen functional groups attached to an aromatic ring is 2. The van der Waals surface area contributed by atoms with Gasteiger partial charge in [0.1, 0.15) is 15.8 Å². The van der Waals surface area contributed by atoms with E-state index in [1.54, 1.807) is 18.2 Å². The molecule has 0 aliphatic heterocycles. The number of hydrogen-bond acceptors (Lipinski definition) is 6. The SMILES string of the molecule is CCNc1nc(Cl)ccc1N.CCn1c(N)nc2ccc(Cl)nc21. The van der Waals surface area contributed by atoms with Crippen molar-refractivity contribution in [3.05, 3.63) is 34.6 Å². The Bertz CT molecular complexity index is 832. The highest BCUT2D eigenvalue weighted by atomic mass is 35.5. The Morgan fingerprint density at radius 1 is 1.00 bits per heavy atom. The van der Waals surface area contributed by atoms with Crippen molar-refractivity contribution in [2.75, 3.05) is 23.3 Å². The summed E-state index contributed by atoms with van der Waals surface area (Å²) in [5, 5.41) is 3.91. The standard InChI is InChI=1S/C8H9ClN4.C7H10ClN3/c1-2-13-7-5(11-8(13)10)3-4-6(9)12-7;1-2-10-7-5(9)3-4-6(8)11-7/h3-4H,2H2,1H3,(H2,10,11);3-4H,2,9H2,1H3,(H,10,11).